The minimum absolute atomic E-state index is 0. The molecule has 0 bridgehead atoms. The molecular formula is C11H27BBrClNO4. The normalized spacial score (nSPS) is 12.9. The smallest absolute Gasteiger partial charge is 0.429 e. The van der Waals surface area contributed by atoms with Crippen molar-refractivity contribution in [2.24, 2.45) is 5.73 Å². The van der Waals surface area contributed by atoms with Gasteiger partial charge in [0.2, 0.25) is 0 Å². The fourth-order valence-corrected chi connectivity index (χ4v) is 0.983. The van der Waals surface area contributed by atoms with Crippen molar-refractivity contribution in [1.29, 1.82) is 0 Å². The molecule has 0 rings (SSSR count). The van der Waals surface area contributed by atoms with Gasteiger partial charge in [0, 0.05) is 5.33 Å². The van der Waals surface area contributed by atoms with E-state index < -0.39 is 11.2 Å². The molecule has 0 aromatic carbocycles. The van der Waals surface area contributed by atoms with E-state index in [0.717, 1.165) is 24.6 Å². The van der Waals surface area contributed by atoms with Gasteiger partial charge in [0.05, 0.1) is 17.4 Å². The van der Waals surface area contributed by atoms with Crippen LogP contribution in [-0.4, -0.2) is 45.7 Å². The SMILES string of the molecule is CC(C)(O)C(C)(C)O.Cl.NC(CCCCBr)O[B]O. The molecule has 0 aliphatic rings. The Bertz CT molecular complexity index is 188. The Balaban J connectivity index is -0.000000262. The molecule has 0 aliphatic heterocycles. The Kier molecular flexibility index (Phi) is 16.1. The molecule has 117 valence electrons. The van der Waals surface area contributed by atoms with Crippen molar-refractivity contribution in [2.75, 3.05) is 5.33 Å². The third-order valence-corrected chi connectivity index (χ3v) is 3.17. The molecule has 1 radical (unpaired) electrons. The lowest BCUT2D eigenvalue weighted by molar-refractivity contribution is -0.107. The summed E-state index contributed by atoms with van der Waals surface area (Å²) in [5.74, 6) is 0. The first-order chi connectivity index (χ1) is 8.06. The number of unbranched alkanes of at least 4 members (excludes halogenated alkanes) is 1. The van der Waals surface area contributed by atoms with Crippen LogP contribution in [0.25, 0.3) is 0 Å². The van der Waals surface area contributed by atoms with E-state index in [-0.39, 0.29) is 18.6 Å². The minimum Gasteiger partial charge on any atom is -0.429 e. The van der Waals surface area contributed by atoms with Crippen molar-refractivity contribution >= 4 is 36.0 Å². The number of nitrogens with two attached hydrogens (primary N) is 1. The van der Waals surface area contributed by atoms with Gasteiger partial charge in [-0.25, -0.2) is 0 Å². The van der Waals surface area contributed by atoms with Gasteiger partial charge in [0.1, 0.15) is 0 Å². The molecule has 0 aromatic rings. The minimum atomic E-state index is -1.01. The van der Waals surface area contributed by atoms with Gasteiger partial charge >= 0.3 is 7.69 Å². The first-order valence-corrected chi connectivity index (χ1v) is 7.06. The van der Waals surface area contributed by atoms with E-state index in [9.17, 15) is 0 Å². The van der Waals surface area contributed by atoms with Crippen molar-refractivity contribution in [3.05, 3.63) is 0 Å². The van der Waals surface area contributed by atoms with Crippen molar-refractivity contribution in [3.63, 3.8) is 0 Å². The molecule has 0 spiro atoms. The first kappa shape index (κ1) is 24.6. The lowest BCUT2D eigenvalue weighted by Crippen LogP contribution is -2.44. The van der Waals surface area contributed by atoms with Crippen LogP contribution < -0.4 is 5.73 Å². The van der Waals surface area contributed by atoms with Crippen LogP contribution in [0.1, 0.15) is 47.0 Å². The van der Waals surface area contributed by atoms with Crippen LogP contribution in [0, 0.1) is 0 Å². The average molecular weight is 364 g/mol. The van der Waals surface area contributed by atoms with Crippen LogP contribution >= 0.6 is 28.3 Å². The van der Waals surface area contributed by atoms with Crippen molar-refractivity contribution in [2.45, 2.75) is 64.4 Å². The standard InChI is InChI=1S/C6H14O2.C5H12BBrNO2.ClH/c1-5(2,7)6(3,4)8;7-4-2-1-3-5(8)10-6-9;/h7-8H,1-4H3;5,9H,1-4,8H2;1H. The molecule has 0 aliphatic carbocycles. The topological polar surface area (TPSA) is 95.9 Å². The first-order valence-electron chi connectivity index (χ1n) is 5.94. The molecule has 0 amide bonds. The maximum absolute atomic E-state index is 9.10. The van der Waals surface area contributed by atoms with Crippen LogP contribution in [0.4, 0.5) is 0 Å². The second-order valence-electron chi connectivity index (χ2n) is 5.08. The molecule has 0 aromatic heterocycles. The zero-order valence-corrected chi connectivity index (χ0v) is 14.5. The largest absolute Gasteiger partial charge is 0.486 e. The van der Waals surface area contributed by atoms with Gasteiger partial charge in [-0.1, -0.05) is 15.9 Å². The lowest BCUT2D eigenvalue weighted by atomic mass is 9.90. The summed E-state index contributed by atoms with van der Waals surface area (Å²) in [6.45, 7) is 6.31. The highest BCUT2D eigenvalue weighted by atomic mass is 79.9. The Morgan fingerprint density at radius 3 is 1.84 bits per heavy atom. The second-order valence-corrected chi connectivity index (χ2v) is 5.88. The van der Waals surface area contributed by atoms with Gasteiger partial charge in [-0.15, -0.1) is 12.4 Å². The summed E-state index contributed by atoms with van der Waals surface area (Å²) in [6, 6.07) is 0. The molecular weight excluding hydrogens is 336 g/mol. The van der Waals surface area contributed by atoms with Crippen LogP contribution in [0.5, 0.6) is 0 Å². The van der Waals surface area contributed by atoms with Crippen molar-refractivity contribution < 1.29 is 19.9 Å². The number of hydrogen-bond acceptors (Lipinski definition) is 5. The maximum atomic E-state index is 9.10. The van der Waals surface area contributed by atoms with Gasteiger partial charge in [-0.3, -0.25) is 0 Å². The summed E-state index contributed by atoms with van der Waals surface area (Å²) in [7, 11) is 0.638. The predicted molar refractivity (Wildman–Crippen MR) is 84.5 cm³/mol. The van der Waals surface area contributed by atoms with E-state index in [1.807, 2.05) is 0 Å². The van der Waals surface area contributed by atoms with Crippen LogP contribution in [0.15, 0.2) is 0 Å². The van der Waals surface area contributed by atoms with Crippen LogP contribution in [-0.2, 0) is 4.65 Å². The fourth-order valence-electron chi connectivity index (χ4n) is 0.586. The van der Waals surface area contributed by atoms with E-state index in [0.29, 0.717) is 7.69 Å². The average Bonchev–Trinajstić information content (AvgIpc) is 2.16. The summed E-state index contributed by atoms with van der Waals surface area (Å²) in [4.78, 5) is 0. The maximum Gasteiger partial charge on any atom is 0.486 e. The van der Waals surface area contributed by atoms with Crippen LogP contribution in [0.3, 0.4) is 0 Å². The Labute approximate surface area is 131 Å². The highest BCUT2D eigenvalue weighted by Gasteiger charge is 2.31. The highest BCUT2D eigenvalue weighted by Crippen LogP contribution is 2.19. The van der Waals surface area contributed by atoms with Crippen molar-refractivity contribution in [1.82, 2.24) is 0 Å². The molecule has 19 heavy (non-hydrogen) atoms. The predicted octanol–water partition coefficient (Wildman–Crippen LogP) is 1.33. The zero-order valence-electron chi connectivity index (χ0n) is 12.1. The third-order valence-electron chi connectivity index (χ3n) is 2.61. The lowest BCUT2D eigenvalue weighted by Gasteiger charge is -2.31. The number of rotatable bonds is 7. The fraction of sp³-hybridized carbons (Fsp3) is 1.00. The van der Waals surface area contributed by atoms with E-state index in [1.54, 1.807) is 27.7 Å². The summed E-state index contributed by atoms with van der Waals surface area (Å²) < 4.78 is 4.58. The van der Waals surface area contributed by atoms with Gasteiger partial charge in [0.15, 0.2) is 0 Å². The number of aliphatic hydroxyl groups is 2. The summed E-state index contributed by atoms with van der Waals surface area (Å²) in [5, 5.41) is 27.4. The van der Waals surface area contributed by atoms with E-state index >= 15 is 0 Å². The molecule has 0 saturated carbocycles. The molecule has 5 nitrogen and oxygen atoms in total. The molecule has 0 fully saturated rings. The third kappa shape index (κ3) is 16.6. The summed E-state index contributed by atoms with van der Waals surface area (Å²) >= 11 is 3.30. The van der Waals surface area contributed by atoms with E-state index in [4.69, 9.17) is 21.0 Å². The number of halogens is 2. The van der Waals surface area contributed by atoms with E-state index in [1.165, 1.54) is 0 Å². The van der Waals surface area contributed by atoms with Gasteiger partial charge in [0.25, 0.3) is 0 Å². The van der Waals surface area contributed by atoms with Gasteiger partial charge in [-0.2, -0.15) is 0 Å². The van der Waals surface area contributed by atoms with E-state index in [2.05, 4.69) is 20.6 Å². The highest BCUT2D eigenvalue weighted by molar-refractivity contribution is 9.09. The summed E-state index contributed by atoms with van der Waals surface area (Å²) in [5.41, 5.74) is 3.38. The molecule has 1 unspecified atom stereocenters. The summed E-state index contributed by atoms with van der Waals surface area (Å²) in [6.07, 6.45) is 2.52. The Hall–Kier alpha value is 0.635. The Morgan fingerprint density at radius 2 is 1.58 bits per heavy atom. The molecule has 0 heterocycles. The Morgan fingerprint density at radius 1 is 1.16 bits per heavy atom. The molecule has 1 atom stereocenters. The second kappa shape index (κ2) is 12.4. The van der Waals surface area contributed by atoms with Gasteiger partial charge < -0.3 is 25.6 Å². The quantitative estimate of drug-likeness (QED) is 0.237. The number of alkyl halides is 1. The van der Waals surface area contributed by atoms with Crippen LogP contribution in [0.2, 0.25) is 0 Å². The monoisotopic (exact) mass is 362 g/mol. The molecule has 5 N–H and O–H groups in total. The van der Waals surface area contributed by atoms with Crippen molar-refractivity contribution in [3.8, 4) is 0 Å². The zero-order chi connectivity index (χ0) is 14.8. The molecule has 0 saturated heterocycles. The van der Waals surface area contributed by atoms with Gasteiger partial charge in [-0.05, 0) is 47.0 Å². The molecule has 8 heteroatoms. The number of hydrogen-bond donors (Lipinski definition) is 4.